The molecule has 0 spiro atoms. The van der Waals surface area contributed by atoms with Crippen molar-refractivity contribution >= 4 is 23.6 Å². The zero-order valence-electron chi connectivity index (χ0n) is 14.0. The largest absolute Gasteiger partial charge is 0.370 e. The minimum atomic E-state index is -0.397. The summed E-state index contributed by atoms with van der Waals surface area (Å²) in [5, 5.41) is 11.1. The highest BCUT2D eigenvalue weighted by Crippen LogP contribution is 2.22. The highest BCUT2D eigenvalue weighted by Gasteiger charge is 2.18. The molecule has 0 unspecified atom stereocenters. The van der Waals surface area contributed by atoms with Crippen LogP contribution in [0.1, 0.15) is 24.7 Å². The fourth-order valence-corrected chi connectivity index (χ4v) is 2.91. The summed E-state index contributed by atoms with van der Waals surface area (Å²) >= 11 is 1.27. The quantitative estimate of drug-likeness (QED) is 0.684. The molecule has 25 heavy (non-hydrogen) atoms. The van der Waals surface area contributed by atoms with Crippen molar-refractivity contribution < 1.29 is 14.0 Å². The first-order valence-corrected chi connectivity index (χ1v) is 8.60. The van der Waals surface area contributed by atoms with Crippen LogP contribution in [0, 0.1) is 5.82 Å². The summed E-state index contributed by atoms with van der Waals surface area (Å²) in [6, 6.07) is 5.96. The summed E-state index contributed by atoms with van der Waals surface area (Å²) in [7, 11) is 1.78. The second-order valence-corrected chi connectivity index (χ2v) is 6.84. The first-order chi connectivity index (χ1) is 11.9. The van der Waals surface area contributed by atoms with Crippen molar-refractivity contribution in [1.29, 1.82) is 0 Å². The van der Waals surface area contributed by atoms with Gasteiger partial charge in [-0.15, -0.1) is 10.2 Å². The van der Waals surface area contributed by atoms with Crippen LogP contribution in [0.4, 0.5) is 4.39 Å². The van der Waals surface area contributed by atoms with Gasteiger partial charge in [0, 0.05) is 26.4 Å². The number of nitrogens with one attached hydrogen (secondary N) is 1. The Balaban J connectivity index is 1.88. The Hall–Kier alpha value is -2.42. The number of aromatic nitrogens is 3. The van der Waals surface area contributed by atoms with Crippen LogP contribution >= 0.6 is 11.8 Å². The lowest BCUT2D eigenvalue weighted by Crippen LogP contribution is -2.30. The van der Waals surface area contributed by atoms with Crippen LogP contribution in [0.15, 0.2) is 29.4 Å². The van der Waals surface area contributed by atoms with E-state index >= 15 is 0 Å². The third kappa shape index (κ3) is 5.56. The van der Waals surface area contributed by atoms with E-state index in [-0.39, 0.29) is 23.4 Å². The Morgan fingerprint density at radius 1 is 1.32 bits per heavy atom. The molecule has 2 aromatic rings. The molecule has 7 nitrogen and oxygen atoms in total. The Bertz CT molecular complexity index is 747. The standard InChI is InChI=1S/C16H20FN5O2S/c1-10(15(24)19-9-11-3-5-12(17)6-4-11)25-16-21-20-14(22(16)2)8-7-13(18)23/h3-6,10H,7-9H2,1-2H3,(H2,18,23)(H,19,24)/t10-/m0/s1. The lowest BCUT2D eigenvalue weighted by Gasteiger charge is -2.11. The maximum Gasteiger partial charge on any atom is 0.233 e. The molecule has 0 aliphatic rings. The smallest absolute Gasteiger partial charge is 0.233 e. The summed E-state index contributed by atoms with van der Waals surface area (Å²) in [5.74, 6) is -0.226. The number of carbonyl (C=O) groups excluding carboxylic acids is 2. The first kappa shape index (κ1) is 18.9. The lowest BCUT2D eigenvalue weighted by atomic mass is 10.2. The minimum Gasteiger partial charge on any atom is -0.370 e. The van der Waals surface area contributed by atoms with Crippen molar-refractivity contribution in [3.63, 3.8) is 0 Å². The molecule has 0 radical (unpaired) electrons. The second-order valence-electron chi connectivity index (χ2n) is 5.53. The third-order valence-electron chi connectivity index (χ3n) is 3.55. The topological polar surface area (TPSA) is 103 Å². The number of aryl methyl sites for hydroxylation is 1. The van der Waals surface area contributed by atoms with Crippen LogP contribution in [-0.2, 0) is 29.6 Å². The SMILES string of the molecule is C[C@H](Sc1nnc(CCC(N)=O)n1C)C(=O)NCc1ccc(F)cc1. The van der Waals surface area contributed by atoms with Crippen LogP contribution in [0.25, 0.3) is 0 Å². The van der Waals surface area contributed by atoms with Crippen molar-refractivity contribution in [2.45, 2.75) is 36.7 Å². The van der Waals surface area contributed by atoms with Gasteiger partial charge in [-0.25, -0.2) is 4.39 Å². The van der Waals surface area contributed by atoms with Gasteiger partial charge in [-0.1, -0.05) is 23.9 Å². The fourth-order valence-electron chi connectivity index (χ4n) is 2.05. The second kappa shape index (κ2) is 8.61. The number of rotatable bonds is 8. The van der Waals surface area contributed by atoms with Crippen LogP contribution in [-0.4, -0.2) is 31.8 Å². The number of hydrogen-bond donors (Lipinski definition) is 2. The summed E-state index contributed by atoms with van der Waals surface area (Å²) in [4.78, 5) is 23.0. The van der Waals surface area contributed by atoms with Gasteiger partial charge in [0.2, 0.25) is 11.8 Å². The molecule has 0 aliphatic heterocycles. The van der Waals surface area contributed by atoms with E-state index in [0.717, 1.165) is 5.56 Å². The molecular weight excluding hydrogens is 345 g/mol. The monoisotopic (exact) mass is 365 g/mol. The number of benzene rings is 1. The average molecular weight is 365 g/mol. The van der Waals surface area contributed by atoms with E-state index in [1.54, 1.807) is 30.7 Å². The van der Waals surface area contributed by atoms with Gasteiger partial charge in [0.25, 0.3) is 0 Å². The van der Waals surface area contributed by atoms with E-state index in [1.807, 2.05) is 0 Å². The summed E-state index contributed by atoms with van der Waals surface area (Å²) in [6.45, 7) is 2.09. The fraction of sp³-hybridized carbons (Fsp3) is 0.375. The van der Waals surface area contributed by atoms with Gasteiger partial charge in [-0.05, 0) is 24.6 Å². The molecule has 0 aliphatic carbocycles. The van der Waals surface area contributed by atoms with Gasteiger partial charge in [0.1, 0.15) is 11.6 Å². The van der Waals surface area contributed by atoms with E-state index in [9.17, 15) is 14.0 Å². The lowest BCUT2D eigenvalue weighted by molar-refractivity contribution is -0.120. The highest BCUT2D eigenvalue weighted by atomic mass is 32.2. The van der Waals surface area contributed by atoms with E-state index in [1.165, 1.54) is 23.9 Å². The van der Waals surface area contributed by atoms with E-state index in [2.05, 4.69) is 15.5 Å². The van der Waals surface area contributed by atoms with Crippen LogP contribution in [0.3, 0.4) is 0 Å². The van der Waals surface area contributed by atoms with Gasteiger partial charge in [-0.3, -0.25) is 9.59 Å². The van der Waals surface area contributed by atoms with E-state index in [4.69, 9.17) is 5.73 Å². The third-order valence-corrected chi connectivity index (χ3v) is 4.69. The van der Waals surface area contributed by atoms with Crippen molar-refractivity contribution in [3.05, 3.63) is 41.5 Å². The number of nitrogens with two attached hydrogens (primary N) is 1. The van der Waals surface area contributed by atoms with Gasteiger partial charge >= 0.3 is 0 Å². The van der Waals surface area contributed by atoms with Crippen molar-refractivity contribution in [3.8, 4) is 0 Å². The number of carbonyl (C=O) groups is 2. The summed E-state index contributed by atoms with van der Waals surface area (Å²) in [5.41, 5.74) is 5.95. The average Bonchev–Trinajstić information content (AvgIpc) is 2.92. The molecular formula is C16H20FN5O2S. The van der Waals surface area contributed by atoms with Crippen LogP contribution in [0.2, 0.25) is 0 Å². The minimum absolute atomic E-state index is 0.156. The van der Waals surface area contributed by atoms with Gasteiger partial charge in [-0.2, -0.15) is 0 Å². The Labute approximate surface area is 149 Å². The predicted octanol–water partition coefficient (Wildman–Crippen LogP) is 1.17. The highest BCUT2D eigenvalue weighted by molar-refractivity contribution is 8.00. The van der Waals surface area contributed by atoms with Gasteiger partial charge < -0.3 is 15.6 Å². The maximum absolute atomic E-state index is 12.9. The molecule has 0 saturated heterocycles. The van der Waals surface area contributed by atoms with Crippen molar-refractivity contribution in [2.75, 3.05) is 0 Å². The maximum atomic E-state index is 12.9. The molecule has 0 bridgehead atoms. The molecule has 134 valence electrons. The van der Waals surface area contributed by atoms with E-state index < -0.39 is 5.91 Å². The van der Waals surface area contributed by atoms with Crippen LogP contribution < -0.4 is 11.1 Å². The molecule has 1 aromatic heterocycles. The van der Waals surface area contributed by atoms with Gasteiger partial charge in [0.05, 0.1) is 5.25 Å². The predicted molar refractivity (Wildman–Crippen MR) is 92.1 cm³/mol. The number of nitrogens with zero attached hydrogens (tertiary/aromatic N) is 3. The Morgan fingerprint density at radius 2 is 2.00 bits per heavy atom. The molecule has 1 heterocycles. The molecule has 1 aromatic carbocycles. The zero-order chi connectivity index (χ0) is 18.4. The van der Waals surface area contributed by atoms with Crippen LogP contribution in [0.5, 0.6) is 0 Å². The number of primary amides is 1. The number of halogens is 1. The van der Waals surface area contributed by atoms with Crippen molar-refractivity contribution in [1.82, 2.24) is 20.1 Å². The molecule has 0 fully saturated rings. The number of hydrogen-bond acceptors (Lipinski definition) is 5. The molecule has 0 saturated carbocycles. The van der Waals surface area contributed by atoms with Crippen molar-refractivity contribution in [2.24, 2.45) is 12.8 Å². The zero-order valence-corrected chi connectivity index (χ0v) is 14.8. The van der Waals surface area contributed by atoms with E-state index in [0.29, 0.717) is 23.9 Å². The molecule has 2 amide bonds. The summed E-state index contributed by atoms with van der Waals surface area (Å²) < 4.78 is 14.6. The number of amides is 2. The Morgan fingerprint density at radius 3 is 2.64 bits per heavy atom. The molecule has 9 heteroatoms. The number of thioether (sulfide) groups is 1. The normalized spacial score (nSPS) is 12.0. The summed E-state index contributed by atoms with van der Waals surface area (Å²) in [6.07, 6.45) is 0.606. The molecule has 3 N–H and O–H groups in total. The molecule has 2 rings (SSSR count). The molecule has 1 atom stereocenters. The Kier molecular flexibility index (Phi) is 6.51. The van der Waals surface area contributed by atoms with Gasteiger partial charge in [0.15, 0.2) is 5.16 Å². The first-order valence-electron chi connectivity index (χ1n) is 7.72.